The van der Waals surface area contributed by atoms with Crippen molar-refractivity contribution in [3.8, 4) is 0 Å². The van der Waals surface area contributed by atoms with E-state index in [1.165, 1.54) is 0 Å². The third-order valence-corrected chi connectivity index (χ3v) is 3.85. The fourth-order valence-electron chi connectivity index (χ4n) is 2.30. The molecule has 3 nitrogen and oxygen atoms in total. The lowest BCUT2D eigenvalue weighted by atomic mass is 10.1. The molecule has 10 heteroatoms. The van der Waals surface area contributed by atoms with Gasteiger partial charge in [0.2, 0.25) is 0 Å². The third-order valence-electron chi connectivity index (χ3n) is 3.85. The first kappa shape index (κ1) is 19.1. The molecule has 1 aromatic carbocycles. The van der Waals surface area contributed by atoms with Gasteiger partial charge in [0, 0.05) is 29.2 Å². The van der Waals surface area contributed by atoms with Gasteiger partial charge in [0.05, 0.1) is 6.21 Å². The highest BCUT2D eigenvalue weighted by molar-refractivity contribution is 6.01. The minimum Gasteiger partial charge on any atom is -0.347 e. The molecule has 0 atom stereocenters. The maximum atomic E-state index is 13.2. The van der Waals surface area contributed by atoms with Gasteiger partial charge in [-0.2, -0.15) is 35.8 Å². The highest BCUT2D eigenvalue weighted by atomic mass is 19.4. The number of alkyl halides is 7. The molecule has 1 aromatic heterocycles. The van der Waals surface area contributed by atoms with Crippen LogP contribution in [0.1, 0.15) is 16.8 Å². The summed E-state index contributed by atoms with van der Waals surface area (Å²) < 4.78 is 89.9. The quantitative estimate of drug-likeness (QED) is 0.365. The summed E-state index contributed by atoms with van der Waals surface area (Å²) in [7, 11) is 1.70. The van der Waals surface area contributed by atoms with Crippen LogP contribution in [0.2, 0.25) is 0 Å². The van der Waals surface area contributed by atoms with Crippen LogP contribution in [0.25, 0.3) is 10.9 Å². The molecule has 0 saturated heterocycles. The van der Waals surface area contributed by atoms with Crippen molar-refractivity contribution >= 4 is 17.1 Å². The molecule has 0 radical (unpaired) electrons. The van der Waals surface area contributed by atoms with Crippen LogP contribution in [0.3, 0.4) is 0 Å². The largest absolute Gasteiger partial charge is 0.462 e. The Labute approximate surface area is 138 Å². The molecule has 1 N–H and O–H groups in total. The van der Waals surface area contributed by atoms with Gasteiger partial charge in [-0.3, -0.25) is 0 Å². The molecule has 138 valence electrons. The predicted molar refractivity (Wildman–Crippen MR) is 79.1 cm³/mol. The molecule has 25 heavy (non-hydrogen) atoms. The van der Waals surface area contributed by atoms with E-state index in [4.69, 9.17) is 0 Å². The van der Waals surface area contributed by atoms with E-state index in [9.17, 15) is 30.7 Å². The van der Waals surface area contributed by atoms with E-state index < -0.39 is 18.1 Å². The van der Waals surface area contributed by atoms with Crippen LogP contribution in [-0.2, 0) is 7.05 Å². The molecule has 0 unspecified atom stereocenters. The molecule has 0 fully saturated rings. The smallest absolute Gasteiger partial charge is 0.347 e. The first-order chi connectivity index (χ1) is 11.3. The number of aryl methyl sites for hydroxylation is 2. The number of hydrogen-bond donors (Lipinski definition) is 1. The Morgan fingerprint density at radius 2 is 1.64 bits per heavy atom. The molecular formula is C15H14F7N3. The zero-order chi connectivity index (χ0) is 19.2. The number of hydrazone groups is 1. The molecule has 0 aliphatic heterocycles. The number of halogens is 7. The number of fused-ring (bicyclic) bond motifs is 1. The van der Waals surface area contributed by atoms with Crippen molar-refractivity contribution in [2.45, 2.75) is 32.0 Å². The number of hydrogen-bond acceptors (Lipinski definition) is 2. The number of rotatable bonds is 4. The third kappa shape index (κ3) is 3.16. The van der Waals surface area contributed by atoms with Crippen molar-refractivity contribution in [2.75, 3.05) is 0 Å². The van der Waals surface area contributed by atoms with Crippen molar-refractivity contribution in [2.24, 2.45) is 12.1 Å². The van der Waals surface area contributed by atoms with Crippen LogP contribution >= 0.6 is 0 Å². The minimum absolute atomic E-state index is 0.333. The standard InChI is InChI=1S/C15H14F7N3/c1-8-4-5-12-10(6-8)11(9(2)25(12)3)7-23-24-15(21,22)13(16,17)14(18,19)20/h4-7,24H,1-3H3/b23-7+. The van der Waals surface area contributed by atoms with Crippen molar-refractivity contribution < 1.29 is 30.7 Å². The lowest BCUT2D eigenvalue weighted by molar-refractivity contribution is -0.361. The summed E-state index contributed by atoms with van der Waals surface area (Å²) in [5.74, 6) is -6.26. The van der Waals surface area contributed by atoms with Gasteiger partial charge in [-0.15, -0.1) is 0 Å². The molecule has 0 aliphatic carbocycles. The van der Waals surface area contributed by atoms with Crippen LogP contribution in [0.5, 0.6) is 0 Å². The van der Waals surface area contributed by atoms with Crippen LogP contribution in [-0.4, -0.2) is 28.9 Å². The van der Waals surface area contributed by atoms with E-state index in [0.717, 1.165) is 17.3 Å². The van der Waals surface area contributed by atoms with Gasteiger partial charge in [-0.25, -0.2) is 5.43 Å². The Balaban J connectivity index is 2.36. The van der Waals surface area contributed by atoms with Crippen molar-refractivity contribution in [1.82, 2.24) is 9.99 Å². The van der Waals surface area contributed by atoms with Crippen LogP contribution in [0, 0.1) is 13.8 Å². The summed E-state index contributed by atoms with van der Waals surface area (Å²) >= 11 is 0. The highest BCUT2D eigenvalue weighted by Gasteiger charge is 2.73. The summed E-state index contributed by atoms with van der Waals surface area (Å²) in [5, 5.41) is 3.54. The van der Waals surface area contributed by atoms with Crippen molar-refractivity contribution in [1.29, 1.82) is 0 Å². The van der Waals surface area contributed by atoms with Crippen molar-refractivity contribution in [3.05, 3.63) is 35.0 Å². The van der Waals surface area contributed by atoms with E-state index in [-0.39, 0.29) is 0 Å². The maximum Gasteiger partial charge on any atom is 0.462 e. The Morgan fingerprint density at radius 3 is 2.20 bits per heavy atom. The molecule has 0 saturated carbocycles. The molecule has 2 aromatic rings. The van der Waals surface area contributed by atoms with Crippen LogP contribution in [0.4, 0.5) is 30.7 Å². The first-order valence-electron chi connectivity index (χ1n) is 6.98. The normalized spacial score (nSPS) is 13.8. The van der Waals surface area contributed by atoms with Gasteiger partial charge in [-0.05, 0) is 26.0 Å². The second-order valence-corrected chi connectivity index (χ2v) is 5.60. The Hall–Kier alpha value is -2.26. The molecule has 0 amide bonds. The van der Waals surface area contributed by atoms with Gasteiger partial charge in [0.25, 0.3) is 0 Å². The molecule has 0 spiro atoms. The van der Waals surface area contributed by atoms with Gasteiger partial charge >= 0.3 is 18.1 Å². The minimum atomic E-state index is -6.41. The summed E-state index contributed by atoms with van der Waals surface area (Å²) in [6.45, 7) is 3.43. The SMILES string of the molecule is Cc1ccc2c(c1)c(/C=N/NC(F)(F)C(F)(F)C(F)(F)F)c(C)n2C. The van der Waals surface area contributed by atoms with Crippen molar-refractivity contribution in [3.63, 3.8) is 0 Å². The molecule has 0 bridgehead atoms. The summed E-state index contributed by atoms with van der Waals surface area (Å²) in [4.78, 5) is 0. The van der Waals surface area contributed by atoms with E-state index in [1.807, 2.05) is 6.07 Å². The van der Waals surface area contributed by atoms with Gasteiger partial charge < -0.3 is 4.57 Å². The second kappa shape index (κ2) is 5.92. The fraction of sp³-hybridized carbons (Fsp3) is 0.400. The predicted octanol–water partition coefficient (Wildman–Crippen LogP) is 4.51. The van der Waals surface area contributed by atoms with Gasteiger partial charge in [-0.1, -0.05) is 11.6 Å². The number of benzene rings is 1. The lowest BCUT2D eigenvalue weighted by Gasteiger charge is -2.27. The summed E-state index contributed by atoms with van der Waals surface area (Å²) in [6, 6.07) is -0.268. The second-order valence-electron chi connectivity index (χ2n) is 5.60. The van der Waals surface area contributed by atoms with E-state index >= 15 is 0 Å². The average Bonchev–Trinajstić information content (AvgIpc) is 2.70. The lowest BCUT2D eigenvalue weighted by Crippen LogP contribution is -2.58. The van der Waals surface area contributed by atoms with E-state index in [0.29, 0.717) is 22.1 Å². The van der Waals surface area contributed by atoms with E-state index in [2.05, 4.69) is 5.10 Å². The molecular weight excluding hydrogens is 355 g/mol. The molecule has 0 aliphatic rings. The van der Waals surface area contributed by atoms with Crippen LogP contribution < -0.4 is 5.43 Å². The van der Waals surface area contributed by atoms with E-state index in [1.54, 1.807) is 37.6 Å². The van der Waals surface area contributed by atoms with Gasteiger partial charge in [0.15, 0.2) is 0 Å². The molecule has 1 heterocycles. The maximum absolute atomic E-state index is 13.2. The zero-order valence-corrected chi connectivity index (χ0v) is 13.3. The number of nitrogens with zero attached hydrogens (tertiary/aromatic N) is 2. The summed E-state index contributed by atoms with van der Waals surface area (Å²) in [5.41, 5.74) is 3.13. The van der Waals surface area contributed by atoms with Gasteiger partial charge in [0.1, 0.15) is 0 Å². The topological polar surface area (TPSA) is 29.3 Å². The Bertz CT molecular complexity index is 819. The average molecular weight is 369 g/mol. The Morgan fingerprint density at radius 1 is 1.04 bits per heavy atom. The zero-order valence-electron chi connectivity index (χ0n) is 13.3. The monoisotopic (exact) mass is 369 g/mol. The number of aromatic nitrogens is 1. The first-order valence-corrected chi connectivity index (χ1v) is 6.98. The highest BCUT2D eigenvalue weighted by Crippen LogP contribution is 2.45. The van der Waals surface area contributed by atoms with Crippen LogP contribution in [0.15, 0.2) is 23.3 Å². The number of nitrogens with one attached hydrogen (secondary N) is 1. The Kier molecular flexibility index (Phi) is 4.52. The summed E-state index contributed by atoms with van der Waals surface area (Å²) in [6.07, 6.45) is -5.61. The fourth-order valence-corrected chi connectivity index (χ4v) is 2.30. The molecule has 2 rings (SSSR count).